The number of carbonyl (C=O) groups is 1. The molecule has 0 radical (unpaired) electrons. The van der Waals surface area contributed by atoms with Crippen LogP contribution in [0.15, 0.2) is 53.2 Å². The van der Waals surface area contributed by atoms with Crippen LogP contribution >= 0.6 is 23.8 Å². The molecular weight excluding hydrogens is 296 g/mol. The number of hydrogen-bond acceptors (Lipinski definition) is 3. The smallest absolute Gasteiger partial charge is 0.250 e. The molecule has 0 aliphatic rings. The number of furan rings is 1. The van der Waals surface area contributed by atoms with Crippen molar-refractivity contribution in [2.75, 3.05) is 5.32 Å². The summed E-state index contributed by atoms with van der Waals surface area (Å²) in [6, 6.07) is 10.5. The second kappa shape index (κ2) is 6.88. The van der Waals surface area contributed by atoms with E-state index in [1.165, 1.54) is 12.3 Å². The van der Waals surface area contributed by atoms with Gasteiger partial charge in [-0.15, -0.1) is 0 Å². The summed E-state index contributed by atoms with van der Waals surface area (Å²) in [6.45, 7) is 0. The van der Waals surface area contributed by atoms with Crippen LogP contribution in [0.2, 0.25) is 5.02 Å². The number of halogens is 1. The van der Waals surface area contributed by atoms with Crippen LogP contribution in [0.25, 0.3) is 6.08 Å². The highest BCUT2D eigenvalue weighted by molar-refractivity contribution is 7.80. The van der Waals surface area contributed by atoms with Crippen molar-refractivity contribution in [2.24, 2.45) is 0 Å². The van der Waals surface area contributed by atoms with E-state index in [1.54, 1.807) is 42.5 Å². The van der Waals surface area contributed by atoms with E-state index < -0.39 is 0 Å². The summed E-state index contributed by atoms with van der Waals surface area (Å²) in [5.41, 5.74) is 0.706. The van der Waals surface area contributed by atoms with E-state index in [2.05, 4.69) is 10.6 Å². The van der Waals surface area contributed by atoms with E-state index in [9.17, 15) is 4.79 Å². The zero-order valence-electron chi connectivity index (χ0n) is 10.3. The molecule has 0 atom stereocenters. The van der Waals surface area contributed by atoms with Gasteiger partial charge in [-0.25, -0.2) is 0 Å². The fourth-order valence-corrected chi connectivity index (χ4v) is 1.83. The predicted molar refractivity (Wildman–Crippen MR) is 83.6 cm³/mol. The number of hydrogen-bond donors (Lipinski definition) is 2. The minimum atomic E-state index is -0.346. The van der Waals surface area contributed by atoms with Gasteiger partial charge in [-0.2, -0.15) is 0 Å². The largest absolute Gasteiger partial charge is 0.465 e. The van der Waals surface area contributed by atoms with Crippen LogP contribution in [-0.4, -0.2) is 11.0 Å². The average molecular weight is 307 g/mol. The Morgan fingerprint density at radius 1 is 1.30 bits per heavy atom. The van der Waals surface area contributed by atoms with Crippen molar-refractivity contribution in [2.45, 2.75) is 0 Å². The molecule has 20 heavy (non-hydrogen) atoms. The molecule has 4 nitrogen and oxygen atoms in total. The summed E-state index contributed by atoms with van der Waals surface area (Å²) >= 11 is 10.9. The highest BCUT2D eigenvalue weighted by atomic mass is 35.5. The number of carbonyl (C=O) groups excluding carboxylic acids is 1. The van der Waals surface area contributed by atoms with Crippen LogP contribution in [-0.2, 0) is 4.79 Å². The third kappa shape index (κ3) is 4.53. The van der Waals surface area contributed by atoms with Crippen LogP contribution < -0.4 is 10.6 Å². The number of anilines is 1. The normalized spacial score (nSPS) is 10.4. The molecule has 102 valence electrons. The molecule has 2 N–H and O–H groups in total. The van der Waals surface area contributed by atoms with Crippen LogP contribution in [0.4, 0.5) is 5.69 Å². The monoisotopic (exact) mass is 306 g/mol. The van der Waals surface area contributed by atoms with Crippen molar-refractivity contribution in [3.05, 3.63) is 59.5 Å². The van der Waals surface area contributed by atoms with E-state index in [4.69, 9.17) is 28.2 Å². The van der Waals surface area contributed by atoms with E-state index in [0.717, 1.165) is 0 Å². The summed E-state index contributed by atoms with van der Waals surface area (Å²) in [7, 11) is 0. The van der Waals surface area contributed by atoms with Gasteiger partial charge in [0.2, 0.25) is 5.91 Å². The molecule has 0 saturated carbocycles. The Morgan fingerprint density at radius 3 is 2.85 bits per heavy atom. The Hall–Kier alpha value is -2.11. The molecule has 1 aromatic heterocycles. The molecule has 2 rings (SSSR count). The third-order valence-electron chi connectivity index (χ3n) is 2.26. The molecule has 1 amide bonds. The average Bonchev–Trinajstić information content (AvgIpc) is 2.89. The van der Waals surface area contributed by atoms with E-state index >= 15 is 0 Å². The molecule has 0 fully saturated rings. The lowest BCUT2D eigenvalue weighted by Gasteiger charge is -2.08. The standard InChI is InChI=1S/C14H11ClN2O2S/c15-10-3-1-4-11(9-10)16-14(20)17-13(18)7-6-12-5-2-8-19-12/h1-9H,(H2,16,17,18,20). The summed E-state index contributed by atoms with van der Waals surface area (Å²) < 4.78 is 5.07. The van der Waals surface area contributed by atoms with E-state index in [1.807, 2.05) is 0 Å². The second-order valence-electron chi connectivity index (χ2n) is 3.80. The second-order valence-corrected chi connectivity index (χ2v) is 4.65. The van der Waals surface area contributed by atoms with Crippen LogP contribution in [0.1, 0.15) is 5.76 Å². The molecule has 0 aliphatic heterocycles. The Labute approximate surface area is 126 Å². The first kappa shape index (κ1) is 14.3. The first-order valence-electron chi connectivity index (χ1n) is 5.72. The summed E-state index contributed by atoms with van der Waals surface area (Å²) in [5.74, 6) is 0.245. The zero-order valence-corrected chi connectivity index (χ0v) is 11.9. The number of amides is 1. The summed E-state index contributed by atoms with van der Waals surface area (Å²) in [5, 5.41) is 6.17. The summed E-state index contributed by atoms with van der Waals surface area (Å²) in [6.07, 6.45) is 4.42. The van der Waals surface area contributed by atoms with Gasteiger partial charge in [0.25, 0.3) is 0 Å². The van der Waals surface area contributed by atoms with Gasteiger partial charge in [-0.1, -0.05) is 17.7 Å². The highest BCUT2D eigenvalue weighted by Crippen LogP contribution is 2.14. The maximum absolute atomic E-state index is 11.6. The maximum atomic E-state index is 11.6. The van der Waals surface area contributed by atoms with Gasteiger partial charge in [-0.3, -0.25) is 10.1 Å². The quantitative estimate of drug-likeness (QED) is 0.673. The van der Waals surface area contributed by atoms with Gasteiger partial charge < -0.3 is 9.73 Å². The Morgan fingerprint density at radius 2 is 2.15 bits per heavy atom. The maximum Gasteiger partial charge on any atom is 0.250 e. The predicted octanol–water partition coefficient (Wildman–Crippen LogP) is 3.46. The van der Waals surface area contributed by atoms with E-state index in [-0.39, 0.29) is 11.0 Å². The third-order valence-corrected chi connectivity index (χ3v) is 2.70. The lowest BCUT2D eigenvalue weighted by atomic mass is 10.3. The fourth-order valence-electron chi connectivity index (χ4n) is 1.43. The SMILES string of the molecule is O=C(C=Cc1ccco1)NC(=S)Nc1cccc(Cl)c1. The van der Waals surface area contributed by atoms with Crippen molar-refractivity contribution in [1.29, 1.82) is 0 Å². The lowest BCUT2D eigenvalue weighted by Crippen LogP contribution is -2.32. The van der Waals surface area contributed by atoms with Crippen molar-refractivity contribution < 1.29 is 9.21 Å². The number of rotatable bonds is 3. The molecule has 6 heteroatoms. The number of benzene rings is 1. The van der Waals surface area contributed by atoms with Crippen LogP contribution in [0.5, 0.6) is 0 Å². The molecule has 0 bridgehead atoms. The zero-order chi connectivity index (χ0) is 14.4. The molecule has 0 unspecified atom stereocenters. The van der Waals surface area contributed by atoms with Gasteiger partial charge in [0, 0.05) is 16.8 Å². The lowest BCUT2D eigenvalue weighted by molar-refractivity contribution is -0.115. The van der Waals surface area contributed by atoms with Gasteiger partial charge in [0.05, 0.1) is 6.26 Å². The van der Waals surface area contributed by atoms with Gasteiger partial charge in [0.1, 0.15) is 5.76 Å². The summed E-state index contributed by atoms with van der Waals surface area (Å²) in [4.78, 5) is 11.6. The Balaban J connectivity index is 1.86. The van der Waals surface area contributed by atoms with Crippen molar-refractivity contribution >= 4 is 46.6 Å². The van der Waals surface area contributed by atoms with Gasteiger partial charge in [0.15, 0.2) is 5.11 Å². The molecule has 0 saturated heterocycles. The topological polar surface area (TPSA) is 54.3 Å². The molecule has 2 aromatic rings. The number of thiocarbonyl (C=S) groups is 1. The van der Waals surface area contributed by atoms with Gasteiger partial charge in [-0.05, 0) is 48.6 Å². The number of nitrogens with one attached hydrogen (secondary N) is 2. The first-order chi connectivity index (χ1) is 9.63. The van der Waals surface area contributed by atoms with Crippen LogP contribution in [0.3, 0.4) is 0 Å². The minimum absolute atomic E-state index is 0.196. The van der Waals surface area contributed by atoms with Gasteiger partial charge >= 0.3 is 0 Å². The van der Waals surface area contributed by atoms with Crippen LogP contribution in [0, 0.1) is 0 Å². The van der Waals surface area contributed by atoms with Crippen molar-refractivity contribution in [3.63, 3.8) is 0 Å². The molecule has 1 aromatic carbocycles. The highest BCUT2D eigenvalue weighted by Gasteiger charge is 2.02. The Bertz CT molecular complexity index is 638. The molecule has 0 spiro atoms. The molecule has 1 heterocycles. The fraction of sp³-hybridized carbons (Fsp3) is 0. The Kier molecular flexibility index (Phi) is 4.92. The minimum Gasteiger partial charge on any atom is -0.465 e. The molecule has 0 aliphatic carbocycles. The van der Waals surface area contributed by atoms with Crippen molar-refractivity contribution in [1.82, 2.24) is 5.32 Å². The van der Waals surface area contributed by atoms with E-state index in [0.29, 0.717) is 16.5 Å². The first-order valence-corrected chi connectivity index (χ1v) is 6.51. The van der Waals surface area contributed by atoms with Crippen molar-refractivity contribution in [3.8, 4) is 0 Å². The molecular formula is C14H11ClN2O2S.